The van der Waals surface area contributed by atoms with Gasteiger partial charge in [-0.3, -0.25) is 42.2 Å². The molecule has 3 fully saturated rings. The highest BCUT2D eigenvalue weighted by Gasteiger charge is 2.55. The van der Waals surface area contributed by atoms with Crippen LogP contribution < -0.4 is 38.5 Å². The van der Waals surface area contributed by atoms with Crippen molar-refractivity contribution in [3.05, 3.63) is 55.1 Å². The van der Waals surface area contributed by atoms with E-state index in [0.717, 1.165) is 17.6 Å². The largest absolute Gasteiger partial charge is 0.508 e. The van der Waals surface area contributed by atoms with Crippen LogP contribution in [0.1, 0.15) is 70.9 Å². The summed E-state index contributed by atoms with van der Waals surface area (Å²) in [5, 5.41) is 19.4. The standard InChI is InChI=1S/C52H69FN16O20P2S2/c1-25(2)36(66-33(71)11-13-57-34(72)16-26(3)49(74)75)30(70)17-28(6-5-12-58-50(56)76)46(73)65-29-9-7-27(8-10-29)18-82-51(77)67(4)14-15-81-52(78)87-41-40-32(86-48(41)69-24-64-38-43(55)60-22-62-45(38)69)20-84-90(79,92)88-39-31(19-83-91(80,93)89-40)85-47(35(39)53)68-23-63-37-42(54)59-21-61-44(37)68/h7-10,21-26,28,31-32,35-36,39-41,47-48H,5-6,11-20H2,1-4H3,(H,57,72)(H,65,73)(H,66,71)(H,74,75)(H,79,92)(H,80,93)(H2,54,59,61)(H2,55,60,62)(H3,56,58,76)/t26?,28-,31-,32-,35-,36+,39-,40?,41-,47-,48-,90?,91?/m1/s1. The molecule has 0 aliphatic carbocycles. The number of Topliss-reactive ketones (excluding diaryl/α,β-unsaturated/α-hetero) is 1. The van der Waals surface area contributed by atoms with Gasteiger partial charge in [0.15, 0.2) is 53.4 Å². The molecule has 7 heterocycles. The molecule has 36 nitrogen and oxygen atoms in total. The maximum absolute atomic E-state index is 16.5. The van der Waals surface area contributed by atoms with Crippen LogP contribution in [0.4, 0.5) is 36.1 Å². The second-order valence-electron chi connectivity index (χ2n) is 21.9. The van der Waals surface area contributed by atoms with Gasteiger partial charge >= 0.3 is 37.7 Å². The van der Waals surface area contributed by atoms with Gasteiger partial charge in [-0.1, -0.05) is 32.9 Å². The van der Waals surface area contributed by atoms with E-state index in [4.69, 9.17) is 87.7 Å². The minimum atomic E-state index is -4.51. The fraction of sp³-hybridized carbons (Fsp3) is 0.538. The summed E-state index contributed by atoms with van der Waals surface area (Å²) in [6.45, 7) is -6.61. The van der Waals surface area contributed by atoms with Crippen LogP contribution in [0.15, 0.2) is 49.6 Å². The van der Waals surface area contributed by atoms with Gasteiger partial charge in [0, 0.05) is 51.0 Å². The average Bonchev–Trinajstić information content (AvgIpc) is 1.62. The number of ketones is 1. The number of hydrogen-bond acceptors (Lipinski definition) is 27. The number of hydrogen-bond donors (Lipinski definition) is 10. The zero-order valence-corrected chi connectivity index (χ0v) is 53.6. The van der Waals surface area contributed by atoms with E-state index < -0.39 is 154 Å². The number of imidazole rings is 2. The number of primary amides is 1. The second kappa shape index (κ2) is 31.4. The first-order valence-electron chi connectivity index (χ1n) is 28.7. The van der Waals surface area contributed by atoms with Crippen molar-refractivity contribution in [1.29, 1.82) is 0 Å². The molecule has 5 aromatic rings. The second-order valence-corrected chi connectivity index (χ2v) is 27.5. The van der Waals surface area contributed by atoms with Crippen molar-refractivity contribution in [1.82, 2.24) is 59.9 Å². The van der Waals surface area contributed by atoms with Gasteiger partial charge < -0.3 is 91.0 Å². The topological polar surface area (TPSA) is 497 Å². The van der Waals surface area contributed by atoms with Gasteiger partial charge in [-0.15, -0.1) is 0 Å². The Bertz CT molecular complexity index is 3650. The summed E-state index contributed by atoms with van der Waals surface area (Å²) >= 11 is 10.8. The zero-order chi connectivity index (χ0) is 67.5. The van der Waals surface area contributed by atoms with Crippen molar-refractivity contribution in [2.24, 2.45) is 23.5 Å². The number of benzene rings is 1. The normalized spacial score (nSPS) is 24.8. The number of carbonyl (C=O) groups is 8. The molecule has 13 atom stereocenters. The number of fused-ring (bicyclic) bond motifs is 4. The molecule has 4 aromatic heterocycles. The molecule has 1 aromatic carbocycles. The molecule has 3 aliphatic heterocycles. The minimum absolute atomic E-state index is 0.00384. The highest BCUT2D eigenvalue weighted by Crippen LogP contribution is 2.55. The van der Waals surface area contributed by atoms with Crippen molar-refractivity contribution in [2.75, 3.05) is 63.3 Å². The maximum Gasteiger partial charge on any atom is 0.508 e. The molecule has 13 N–H and O–H groups in total. The summed E-state index contributed by atoms with van der Waals surface area (Å²) in [7, 11) is 1.36. The SMILES string of the molecule is CC(CC(=O)NCCC(=O)N[C@H](C(=O)C[C@@H](CCCNC(N)=O)C(=O)Nc1ccc(COC(=O)N(C)CCOC(=O)O[C@@H]2C3OP(O)(=S)OC[C@H]4O[C@@H](n5cnc6c(N)ncnc65)[C@H](F)[C@@H]4OP(O)(=S)OC[C@H]3O[C@H]2n2cnc3c(N)ncnc32)cc1)C(C)C)C(=O)O. The first-order valence-corrected chi connectivity index (χ1v) is 33.8. The van der Waals surface area contributed by atoms with Gasteiger partial charge in [0.05, 0.1) is 44.4 Å². The number of carboxylic acid groups (broad SMARTS) is 1. The number of alkyl halides is 1. The van der Waals surface area contributed by atoms with Gasteiger partial charge in [-0.2, -0.15) is 0 Å². The van der Waals surface area contributed by atoms with Crippen molar-refractivity contribution < 1.29 is 99.4 Å². The van der Waals surface area contributed by atoms with Gasteiger partial charge in [-0.25, -0.2) is 48.7 Å². The number of aliphatic carboxylic acids is 1. The highest BCUT2D eigenvalue weighted by atomic mass is 32.5. The number of nitrogens with zero attached hydrogens (tertiary/aromatic N) is 9. The number of amides is 6. The molecular weight excluding hydrogens is 1310 g/mol. The van der Waals surface area contributed by atoms with E-state index in [9.17, 15) is 48.1 Å². The molecule has 8 rings (SSSR count). The lowest BCUT2D eigenvalue weighted by atomic mass is 9.89. The van der Waals surface area contributed by atoms with Crippen molar-refractivity contribution >= 4 is 124 Å². The van der Waals surface area contributed by atoms with E-state index in [2.05, 4.69) is 51.2 Å². The van der Waals surface area contributed by atoms with Crippen LogP contribution in [0.2, 0.25) is 0 Å². The molecule has 3 aliphatic rings. The number of urea groups is 1. The van der Waals surface area contributed by atoms with E-state index in [0.29, 0.717) is 11.3 Å². The Labute approximate surface area is 538 Å². The van der Waals surface area contributed by atoms with Crippen molar-refractivity contribution in [2.45, 2.75) is 115 Å². The van der Waals surface area contributed by atoms with Crippen LogP contribution in [-0.2, 0) is 96.0 Å². The molecular formula is C52H69FN16O20P2S2. The van der Waals surface area contributed by atoms with E-state index in [1.807, 2.05) is 0 Å². The summed E-state index contributed by atoms with van der Waals surface area (Å²) in [5.74, 6) is -5.54. The average molecular weight is 1380 g/mol. The summed E-state index contributed by atoms with van der Waals surface area (Å²) in [6, 6.07) is 4.41. The first-order chi connectivity index (χ1) is 44.1. The molecule has 0 bridgehead atoms. The van der Waals surface area contributed by atoms with Gasteiger partial charge in [-0.05, 0) is 60.1 Å². The van der Waals surface area contributed by atoms with Crippen LogP contribution in [0.3, 0.4) is 0 Å². The number of halogens is 1. The Hall–Kier alpha value is -7.81. The Balaban J connectivity index is 0.858. The number of likely N-dealkylation sites (N-methyl/N-ethyl adjacent to an activating group) is 1. The number of nitrogens with two attached hydrogens (primary N) is 3. The zero-order valence-electron chi connectivity index (χ0n) is 50.2. The number of ether oxygens (including phenoxy) is 5. The number of anilines is 3. The third kappa shape index (κ3) is 18.7. The number of carboxylic acids is 1. The summed E-state index contributed by atoms with van der Waals surface area (Å²) < 4.78 is 71.2. The van der Waals surface area contributed by atoms with Crippen LogP contribution in [0.5, 0.6) is 0 Å². The predicted molar refractivity (Wildman–Crippen MR) is 327 cm³/mol. The van der Waals surface area contributed by atoms with Gasteiger partial charge in [0.2, 0.25) is 17.7 Å². The molecule has 506 valence electrons. The Morgan fingerprint density at radius 3 is 1.99 bits per heavy atom. The van der Waals surface area contributed by atoms with Gasteiger partial charge in [0.1, 0.15) is 61.3 Å². The molecule has 93 heavy (non-hydrogen) atoms. The van der Waals surface area contributed by atoms with E-state index in [1.165, 1.54) is 47.9 Å². The lowest BCUT2D eigenvalue weighted by Gasteiger charge is -2.30. The van der Waals surface area contributed by atoms with E-state index >= 15 is 4.39 Å². The quantitative estimate of drug-likeness (QED) is 0.0226. The third-order valence-corrected chi connectivity index (χ3v) is 17.8. The summed E-state index contributed by atoms with van der Waals surface area (Å²) in [4.78, 5) is 150. The molecule has 4 unspecified atom stereocenters. The van der Waals surface area contributed by atoms with Gasteiger partial charge in [0.25, 0.3) is 0 Å². The smallest absolute Gasteiger partial charge is 0.481 e. The molecule has 6 amide bonds. The Morgan fingerprint density at radius 2 is 1.39 bits per heavy atom. The Kier molecular flexibility index (Phi) is 24.0. The van der Waals surface area contributed by atoms with Crippen LogP contribution >= 0.6 is 13.4 Å². The van der Waals surface area contributed by atoms with Crippen LogP contribution in [-0.4, -0.2) is 196 Å². The molecule has 0 radical (unpaired) electrons. The maximum atomic E-state index is 16.5. The molecule has 41 heteroatoms. The van der Waals surface area contributed by atoms with E-state index in [-0.39, 0.29) is 92.3 Å². The monoisotopic (exact) mass is 1380 g/mol. The Morgan fingerprint density at radius 1 is 0.796 bits per heavy atom. The number of nitrogens with one attached hydrogen (secondary N) is 4. The number of aromatic nitrogens is 8. The molecule has 0 saturated carbocycles. The first kappa shape index (κ1) is 71.0. The third-order valence-electron chi connectivity index (χ3n) is 14.7. The number of carbonyl (C=O) groups excluding carboxylic acids is 7. The summed E-state index contributed by atoms with van der Waals surface area (Å²) in [5.41, 5.74) is 18.4. The highest BCUT2D eigenvalue weighted by molar-refractivity contribution is 8.07. The molecule has 0 spiro atoms. The summed E-state index contributed by atoms with van der Waals surface area (Å²) in [6.07, 6.45) is -10.9. The number of nitrogen functional groups attached to an aromatic ring is 2. The minimum Gasteiger partial charge on any atom is -0.481 e. The van der Waals surface area contributed by atoms with Crippen LogP contribution in [0, 0.1) is 17.8 Å². The fourth-order valence-corrected chi connectivity index (χ4v) is 12.7. The fourth-order valence-electron chi connectivity index (χ4n) is 9.87. The van der Waals surface area contributed by atoms with Crippen molar-refractivity contribution in [3.8, 4) is 0 Å². The lowest BCUT2D eigenvalue weighted by molar-refractivity contribution is -0.143. The number of rotatable bonds is 25. The van der Waals surface area contributed by atoms with E-state index in [1.54, 1.807) is 26.0 Å². The predicted octanol–water partition coefficient (Wildman–Crippen LogP) is 1.73. The molecule has 3 saturated heterocycles. The van der Waals surface area contributed by atoms with Crippen molar-refractivity contribution in [3.63, 3.8) is 0 Å². The lowest BCUT2D eigenvalue weighted by Crippen LogP contribution is -2.46. The van der Waals surface area contributed by atoms with Crippen LogP contribution in [0.25, 0.3) is 22.3 Å².